The number of benzene rings is 3. The van der Waals surface area contributed by atoms with Gasteiger partial charge in [0.2, 0.25) is 0 Å². The molecule has 0 radical (unpaired) electrons. The van der Waals surface area contributed by atoms with Crippen molar-refractivity contribution in [1.82, 2.24) is 5.32 Å². The van der Waals surface area contributed by atoms with Crippen molar-refractivity contribution in [3.05, 3.63) is 108 Å². The molecule has 158 valence electrons. The normalized spacial score (nSPS) is 11.1. The Bertz CT molecular complexity index is 896. The molecular formula is C25H26N3O3+. The fourth-order valence-electron chi connectivity index (χ4n) is 3.46. The number of rotatable bonds is 8. The third-order valence-corrected chi connectivity index (χ3v) is 5.05. The summed E-state index contributed by atoms with van der Waals surface area (Å²) in [7, 11) is 0. The quantitative estimate of drug-likeness (QED) is 0.335. The molecule has 0 aliphatic heterocycles. The zero-order valence-electron chi connectivity index (χ0n) is 17.2. The predicted molar refractivity (Wildman–Crippen MR) is 119 cm³/mol. The van der Waals surface area contributed by atoms with Crippen LogP contribution in [0, 0.1) is 0 Å². The number of amides is 3. The molecule has 3 N–H and O–H groups in total. The number of nitrogens with two attached hydrogens (primary N) is 1. The van der Waals surface area contributed by atoms with Gasteiger partial charge in [-0.15, -0.1) is 4.48 Å². The van der Waals surface area contributed by atoms with Gasteiger partial charge in [0.15, 0.2) is 0 Å². The molecule has 0 aliphatic rings. The summed E-state index contributed by atoms with van der Waals surface area (Å²) in [5.74, 6) is -1.67. The van der Waals surface area contributed by atoms with E-state index >= 15 is 0 Å². The lowest BCUT2D eigenvalue weighted by Crippen LogP contribution is -2.63. The van der Waals surface area contributed by atoms with Crippen LogP contribution in [0.25, 0.3) is 0 Å². The number of carbonyl (C=O) groups excluding carboxylic acids is 3. The lowest BCUT2D eigenvalue weighted by molar-refractivity contribution is -0.677. The summed E-state index contributed by atoms with van der Waals surface area (Å²) in [4.78, 5) is 41.5. The van der Waals surface area contributed by atoms with Gasteiger partial charge < -0.3 is 11.1 Å². The van der Waals surface area contributed by atoms with Crippen LogP contribution in [0.3, 0.4) is 0 Å². The second-order valence-corrected chi connectivity index (χ2v) is 7.09. The van der Waals surface area contributed by atoms with Crippen LogP contribution in [0.1, 0.15) is 31.1 Å². The molecule has 0 bridgehead atoms. The molecule has 0 heterocycles. The Labute approximate surface area is 181 Å². The first kappa shape index (κ1) is 22.2. The van der Waals surface area contributed by atoms with E-state index in [0.29, 0.717) is 29.8 Å². The van der Waals surface area contributed by atoms with E-state index in [9.17, 15) is 14.4 Å². The van der Waals surface area contributed by atoms with Gasteiger partial charge in [-0.1, -0.05) is 54.6 Å². The van der Waals surface area contributed by atoms with Gasteiger partial charge in [0.05, 0.1) is 16.7 Å². The van der Waals surface area contributed by atoms with E-state index in [1.54, 1.807) is 91.0 Å². The summed E-state index contributed by atoms with van der Waals surface area (Å²) in [6, 6.07) is 25.4. The number of hydrogen-bond donors (Lipinski definition) is 2. The smallest absolute Gasteiger partial charge is 0.329 e. The summed E-state index contributed by atoms with van der Waals surface area (Å²) in [6.07, 6.45) is 0. The summed E-state index contributed by atoms with van der Waals surface area (Å²) < 4.78 is -0.977. The van der Waals surface area contributed by atoms with Crippen LogP contribution in [0.2, 0.25) is 0 Å². The molecule has 0 unspecified atom stereocenters. The molecule has 0 spiro atoms. The van der Waals surface area contributed by atoms with Gasteiger partial charge in [0.25, 0.3) is 0 Å². The van der Waals surface area contributed by atoms with Crippen molar-refractivity contribution in [1.29, 1.82) is 0 Å². The first-order valence-corrected chi connectivity index (χ1v) is 10.2. The first-order valence-electron chi connectivity index (χ1n) is 10.2. The van der Waals surface area contributed by atoms with Gasteiger partial charge in [-0.3, -0.25) is 0 Å². The maximum absolute atomic E-state index is 13.8. The minimum Gasteiger partial charge on any atom is -0.329 e. The Balaban J connectivity index is 2.17. The Morgan fingerprint density at radius 1 is 0.613 bits per heavy atom. The van der Waals surface area contributed by atoms with E-state index in [0.717, 1.165) is 0 Å². The van der Waals surface area contributed by atoms with Crippen LogP contribution in [0.4, 0.5) is 0 Å². The third-order valence-electron chi connectivity index (χ3n) is 5.05. The van der Waals surface area contributed by atoms with Crippen LogP contribution < -0.4 is 11.1 Å². The molecule has 3 amide bonds. The summed E-state index contributed by atoms with van der Waals surface area (Å²) in [6.45, 7) is 1.16. The van der Waals surface area contributed by atoms with Crippen LogP contribution >= 0.6 is 0 Å². The maximum atomic E-state index is 13.8. The van der Waals surface area contributed by atoms with Crippen molar-refractivity contribution in [2.45, 2.75) is 0 Å². The summed E-state index contributed by atoms with van der Waals surface area (Å²) >= 11 is 0. The first-order chi connectivity index (χ1) is 15.1. The van der Waals surface area contributed by atoms with Crippen molar-refractivity contribution in [2.24, 2.45) is 5.73 Å². The third kappa shape index (κ3) is 4.83. The monoisotopic (exact) mass is 416 g/mol. The molecule has 0 saturated carbocycles. The molecule has 6 heteroatoms. The van der Waals surface area contributed by atoms with E-state index in [-0.39, 0.29) is 13.1 Å². The van der Waals surface area contributed by atoms with Crippen molar-refractivity contribution in [3.63, 3.8) is 0 Å². The van der Waals surface area contributed by atoms with Crippen LogP contribution in [-0.4, -0.2) is 48.4 Å². The SMILES string of the molecule is NCCNCC[N+](C(=O)c1ccccc1)(C(=O)c1ccccc1)C(=O)c1ccccc1. The van der Waals surface area contributed by atoms with Gasteiger partial charge >= 0.3 is 17.7 Å². The number of imide groups is 3. The highest BCUT2D eigenvalue weighted by Gasteiger charge is 2.52. The number of nitrogens with one attached hydrogen (secondary N) is 1. The maximum Gasteiger partial charge on any atom is 0.361 e. The molecule has 0 fully saturated rings. The molecule has 3 aromatic carbocycles. The zero-order valence-corrected chi connectivity index (χ0v) is 17.2. The highest BCUT2D eigenvalue weighted by atomic mass is 16.2. The Hall–Kier alpha value is -3.45. The van der Waals surface area contributed by atoms with Crippen LogP contribution in [-0.2, 0) is 0 Å². The van der Waals surface area contributed by atoms with Gasteiger partial charge in [0, 0.05) is 19.6 Å². The van der Waals surface area contributed by atoms with Crippen molar-refractivity contribution >= 4 is 17.7 Å². The second-order valence-electron chi connectivity index (χ2n) is 7.09. The van der Waals surface area contributed by atoms with Gasteiger partial charge in [-0.2, -0.15) is 0 Å². The molecular weight excluding hydrogens is 390 g/mol. The van der Waals surface area contributed by atoms with Gasteiger partial charge in [-0.05, 0) is 36.4 Å². The van der Waals surface area contributed by atoms with E-state index in [1.807, 2.05) is 0 Å². The topological polar surface area (TPSA) is 89.3 Å². The van der Waals surface area contributed by atoms with Crippen molar-refractivity contribution in [3.8, 4) is 0 Å². The van der Waals surface area contributed by atoms with E-state index in [1.165, 1.54) is 0 Å². The molecule has 31 heavy (non-hydrogen) atoms. The van der Waals surface area contributed by atoms with Gasteiger partial charge in [-0.25, -0.2) is 14.4 Å². The second kappa shape index (κ2) is 10.5. The molecule has 6 nitrogen and oxygen atoms in total. The number of nitrogens with zero attached hydrogens (tertiary/aromatic N) is 1. The summed E-state index contributed by atoms with van der Waals surface area (Å²) in [5.41, 5.74) is 6.46. The molecule has 0 aromatic heterocycles. The Morgan fingerprint density at radius 3 is 1.29 bits per heavy atom. The number of quaternary nitrogens is 1. The minimum absolute atomic E-state index is 0.0326. The van der Waals surface area contributed by atoms with Crippen molar-refractivity contribution < 1.29 is 18.9 Å². The molecule has 3 aromatic rings. The largest absolute Gasteiger partial charge is 0.361 e. The number of carbonyl (C=O) groups is 3. The highest BCUT2D eigenvalue weighted by molar-refractivity contribution is 6.13. The fourth-order valence-corrected chi connectivity index (χ4v) is 3.46. The van der Waals surface area contributed by atoms with E-state index < -0.39 is 22.2 Å². The van der Waals surface area contributed by atoms with Crippen LogP contribution in [0.5, 0.6) is 0 Å². The minimum atomic E-state index is -0.977. The Morgan fingerprint density at radius 2 is 0.968 bits per heavy atom. The van der Waals surface area contributed by atoms with Crippen LogP contribution in [0.15, 0.2) is 91.0 Å². The predicted octanol–water partition coefficient (Wildman–Crippen LogP) is 2.87. The lowest BCUT2D eigenvalue weighted by Gasteiger charge is -2.31. The average molecular weight is 417 g/mol. The highest BCUT2D eigenvalue weighted by Crippen LogP contribution is 2.24. The zero-order chi connectivity index (χ0) is 22.1. The van der Waals surface area contributed by atoms with Gasteiger partial charge in [0.1, 0.15) is 6.54 Å². The Kier molecular flexibility index (Phi) is 7.56. The fraction of sp³-hybridized carbons (Fsp3) is 0.160. The molecule has 3 rings (SSSR count). The lowest BCUT2D eigenvalue weighted by atomic mass is 10.0. The molecule has 0 atom stereocenters. The summed E-state index contributed by atoms with van der Waals surface area (Å²) in [5, 5.41) is 3.11. The standard InChI is InChI=1S/C25H26N3O3/c26-16-17-27-18-19-28(23(29)20-10-4-1-5-11-20,24(30)21-12-6-2-7-13-21)25(31)22-14-8-3-9-15-22/h1-15,27H,16-19,26H2/q+1. The average Bonchev–Trinajstić information content (AvgIpc) is 2.85. The van der Waals surface area contributed by atoms with E-state index in [4.69, 9.17) is 5.73 Å². The number of hydrogen-bond acceptors (Lipinski definition) is 5. The molecule has 0 aliphatic carbocycles. The van der Waals surface area contributed by atoms with Crippen molar-refractivity contribution in [2.75, 3.05) is 26.2 Å². The molecule has 0 saturated heterocycles. The van der Waals surface area contributed by atoms with E-state index in [2.05, 4.69) is 5.32 Å².